The summed E-state index contributed by atoms with van der Waals surface area (Å²) >= 11 is 0. The summed E-state index contributed by atoms with van der Waals surface area (Å²) in [6.07, 6.45) is 1.50. The largest absolute Gasteiger partial charge is 0.506 e. The highest BCUT2D eigenvalue weighted by molar-refractivity contribution is 6.03. The number of phenolic OH excluding ortho intramolecular Hbond substituents is 1. The van der Waals surface area contributed by atoms with Gasteiger partial charge in [-0.15, -0.1) is 5.10 Å². The molecule has 1 heterocycles. The minimum absolute atomic E-state index is 0.0136. The molecule has 1 amide bonds. The van der Waals surface area contributed by atoms with Crippen LogP contribution in [0, 0.1) is 0 Å². The van der Waals surface area contributed by atoms with Crippen molar-refractivity contribution in [3.05, 3.63) is 36.2 Å². The van der Waals surface area contributed by atoms with E-state index in [1.54, 1.807) is 25.2 Å². The van der Waals surface area contributed by atoms with Crippen LogP contribution in [0.1, 0.15) is 10.5 Å². The quantitative estimate of drug-likeness (QED) is 0.730. The normalized spacial score (nSPS) is 10.1. The van der Waals surface area contributed by atoms with Crippen molar-refractivity contribution in [2.45, 2.75) is 0 Å². The number of hydrogen-bond donors (Lipinski definition) is 2. The van der Waals surface area contributed by atoms with Gasteiger partial charge < -0.3 is 10.4 Å². The summed E-state index contributed by atoms with van der Waals surface area (Å²) in [5.41, 5.74) is 0.545. The zero-order chi connectivity index (χ0) is 11.5. The average Bonchev–Trinajstić information content (AvgIpc) is 2.68. The van der Waals surface area contributed by atoms with Crippen LogP contribution < -0.4 is 5.32 Å². The first kappa shape index (κ1) is 10.2. The Morgan fingerprint density at radius 3 is 2.81 bits per heavy atom. The molecular formula is C10H10N4O2. The summed E-state index contributed by atoms with van der Waals surface area (Å²) in [6.45, 7) is 0. The lowest BCUT2D eigenvalue weighted by molar-refractivity contribution is 0.102. The molecule has 2 aromatic rings. The van der Waals surface area contributed by atoms with Gasteiger partial charge in [-0.1, -0.05) is 17.3 Å². The fourth-order valence-corrected chi connectivity index (χ4v) is 1.22. The molecule has 0 atom stereocenters. The van der Waals surface area contributed by atoms with Crippen LogP contribution >= 0.6 is 0 Å². The van der Waals surface area contributed by atoms with E-state index < -0.39 is 5.91 Å². The number of carbonyl (C=O) groups excluding carboxylic acids is 1. The van der Waals surface area contributed by atoms with Crippen LogP contribution in [0.4, 0.5) is 5.69 Å². The summed E-state index contributed by atoms with van der Waals surface area (Å²) in [5, 5.41) is 19.3. The number of nitrogens with one attached hydrogen (secondary N) is 1. The van der Waals surface area contributed by atoms with Crippen LogP contribution in [-0.4, -0.2) is 26.0 Å². The Hall–Kier alpha value is -2.37. The van der Waals surface area contributed by atoms with Gasteiger partial charge in [0.15, 0.2) is 5.69 Å². The van der Waals surface area contributed by atoms with E-state index in [4.69, 9.17) is 0 Å². The molecule has 2 rings (SSSR count). The van der Waals surface area contributed by atoms with Gasteiger partial charge in [-0.05, 0) is 12.1 Å². The summed E-state index contributed by atoms with van der Waals surface area (Å²) in [5.74, 6) is -0.394. The second-order valence-corrected chi connectivity index (χ2v) is 3.25. The van der Waals surface area contributed by atoms with Crippen LogP contribution in [0.25, 0.3) is 0 Å². The standard InChI is InChI=1S/C10H10N4O2/c1-14-6-8(12-13-14)10(16)11-7-4-2-3-5-9(7)15/h2-6,15H,1H3,(H,11,16). The van der Waals surface area contributed by atoms with Crippen molar-refractivity contribution in [2.75, 3.05) is 5.32 Å². The van der Waals surface area contributed by atoms with Crippen molar-refractivity contribution >= 4 is 11.6 Å². The number of aromatic hydroxyl groups is 1. The maximum Gasteiger partial charge on any atom is 0.277 e. The van der Waals surface area contributed by atoms with Gasteiger partial charge in [0.1, 0.15) is 5.75 Å². The number of phenols is 1. The monoisotopic (exact) mass is 218 g/mol. The second-order valence-electron chi connectivity index (χ2n) is 3.25. The van der Waals surface area contributed by atoms with Gasteiger partial charge in [0.2, 0.25) is 0 Å². The van der Waals surface area contributed by atoms with Gasteiger partial charge in [-0.25, -0.2) is 0 Å². The fourth-order valence-electron chi connectivity index (χ4n) is 1.22. The van der Waals surface area contributed by atoms with E-state index in [0.29, 0.717) is 5.69 Å². The van der Waals surface area contributed by atoms with E-state index in [1.165, 1.54) is 16.9 Å². The first-order valence-corrected chi connectivity index (χ1v) is 4.62. The lowest BCUT2D eigenvalue weighted by atomic mass is 10.3. The molecule has 0 bridgehead atoms. The molecule has 1 aromatic heterocycles. The van der Waals surface area contributed by atoms with Crippen molar-refractivity contribution in [3.63, 3.8) is 0 Å². The number of benzene rings is 1. The Kier molecular flexibility index (Phi) is 2.55. The maximum absolute atomic E-state index is 11.6. The average molecular weight is 218 g/mol. The molecule has 16 heavy (non-hydrogen) atoms. The van der Waals surface area contributed by atoms with Crippen molar-refractivity contribution < 1.29 is 9.90 Å². The van der Waals surface area contributed by atoms with Crippen LogP contribution in [0.5, 0.6) is 5.75 Å². The highest BCUT2D eigenvalue weighted by Crippen LogP contribution is 2.21. The van der Waals surface area contributed by atoms with Crippen molar-refractivity contribution in [1.82, 2.24) is 15.0 Å². The number of hydrogen-bond acceptors (Lipinski definition) is 4. The minimum Gasteiger partial charge on any atom is -0.506 e. The van der Waals surface area contributed by atoms with Gasteiger partial charge in [0.05, 0.1) is 11.9 Å². The molecule has 0 radical (unpaired) electrons. The molecule has 0 unspecified atom stereocenters. The number of para-hydroxylation sites is 2. The molecular weight excluding hydrogens is 208 g/mol. The Labute approximate surface area is 91.5 Å². The second kappa shape index (κ2) is 4.01. The Morgan fingerprint density at radius 2 is 2.19 bits per heavy atom. The van der Waals surface area contributed by atoms with E-state index in [0.717, 1.165) is 0 Å². The molecule has 0 spiro atoms. The van der Waals surface area contributed by atoms with E-state index >= 15 is 0 Å². The topological polar surface area (TPSA) is 80.0 Å². The summed E-state index contributed by atoms with van der Waals surface area (Å²) in [6, 6.07) is 6.48. The summed E-state index contributed by atoms with van der Waals surface area (Å²) in [7, 11) is 1.67. The van der Waals surface area contributed by atoms with E-state index in [9.17, 15) is 9.90 Å². The molecule has 6 heteroatoms. The van der Waals surface area contributed by atoms with Crippen LogP contribution in [0.15, 0.2) is 30.5 Å². The summed E-state index contributed by atoms with van der Waals surface area (Å²) < 4.78 is 1.43. The van der Waals surface area contributed by atoms with Gasteiger partial charge >= 0.3 is 0 Å². The maximum atomic E-state index is 11.6. The molecule has 0 aliphatic heterocycles. The molecule has 0 fully saturated rings. The fraction of sp³-hybridized carbons (Fsp3) is 0.100. The van der Waals surface area contributed by atoms with Crippen molar-refractivity contribution in [2.24, 2.45) is 7.05 Å². The Morgan fingerprint density at radius 1 is 1.44 bits per heavy atom. The predicted molar refractivity (Wildman–Crippen MR) is 57.1 cm³/mol. The van der Waals surface area contributed by atoms with E-state index in [-0.39, 0.29) is 11.4 Å². The highest BCUT2D eigenvalue weighted by atomic mass is 16.3. The number of rotatable bonds is 2. The smallest absolute Gasteiger partial charge is 0.277 e. The molecule has 0 aliphatic carbocycles. The minimum atomic E-state index is -0.408. The zero-order valence-electron chi connectivity index (χ0n) is 8.58. The number of aromatic nitrogens is 3. The van der Waals surface area contributed by atoms with Gasteiger partial charge in [-0.3, -0.25) is 9.48 Å². The van der Waals surface area contributed by atoms with Gasteiger partial charge in [0, 0.05) is 7.05 Å². The van der Waals surface area contributed by atoms with Crippen LogP contribution in [0.2, 0.25) is 0 Å². The SMILES string of the molecule is Cn1cc(C(=O)Nc2ccccc2O)nn1. The molecule has 0 saturated heterocycles. The van der Waals surface area contributed by atoms with Crippen LogP contribution in [-0.2, 0) is 7.05 Å². The van der Waals surface area contributed by atoms with E-state index in [1.807, 2.05) is 0 Å². The number of carbonyl (C=O) groups is 1. The zero-order valence-corrected chi connectivity index (χ0v) is 8.58. The van der Waals surface area contributed by atoms with Gasteiger partial charge in [-0.2, -0.15) is 0 Å². The molecule has 0 saturated carbocycles. The van der Waals surface area contributed by atoms with Crippen molar-refractivity contribution in [3.8, 4) is 5.75 Å². The molecule has 2 N–H and O–H groups in total. The molecule has 0 aliphatic rings. The third-order valence-electron chi connectivity index (χ3n) is 1.99. The number of anilines is 1. The Balaban J connectivity index is 2.17. The van der Waals surface area contributed by atoms with Crippen LogP contribution in [0.3, 0.4) is 0 Å². The predicted octanol–water partition coefficient (Wildman–Crippen LogP) is 0.773. The van der Waals surface area contributed by atoms with E-state index in [2.05, 4.69) is 15.6 Å². The highest BCUT2D eigenvalue weighted by Gasteiger charge is 2.11. The van der Waals surface area contributed by atoms with Gasteiger partial charge in [0.25, 0.3) is 5.91 Å². The molecule has 1 aromatic carbocycles. The lowest BCUT2D eigenvalue weighted by Crippen LogP contribution is -2.12. The third-order valence-corrected chi connectivity index (χ3v) is 1.99. The molecule has 82 valence electrons. The number of aryl methyl sites for hydroxylation is 1. The molecule has 6 nitrogen and oxygen atoms in total. The lowest BCUT2D eigenvalue weighted by Gasteiger charge is -2.04. The number of nitrogens with zero attached hydrogens (tertiary/aromatic N) is 3. The first-order chi connectivity index (χ1) is 7.66. The number of amides is 1. The first-order valence-electron chi connectivity index (χ1n) is 4.62. The third kappa shape index (κ3) is 2.00. The van der Waals surface area contributed by atoms with Crippen molar-refractivity contribution in [1.29, 1.82) is 0 Å². The Bertz CT molecular complexity index is 521. The summed E-state index contributed by atoms with van der Waals surface area (Å²) in [4.78, 5) is 11.6.